The summed E-state index contributed by atoms with van der Waals surface area (Å²) in [7, 11) is 0. The van der Waals surface area contributed by atoms with E-state index in [9.17, 15) is 4.79 Å². The molecule has 0 radical (unpaired) electrons. The van der Waals surface area contributed by atoms with Crippen molar-refractivity contribution in [2.24, 2.45) is 0 Å². The van der Waals surface area contributed by atoms with Crippen LogP contribution in [-0.4, -0.2) is 36.6 Å². The van der Waals surface area contributed by atoms with Crippen molar-refractivity contribution >= 4 is 34.1 Å². The molecule has 1 aromatic carbocycles. The Morgan fingerprint density at radius 1 is 1.31 bits per heavy atom. The standard InChI is InChI=1S/C16H18N6O2S2/c1-3-22-14(11(2)24-12-7-5-4-6-8-12)19-21-16(22)25-9-13(23)18-15-20-17-10-26-15/h4-8,10-11H,3,9H2,1-2H3,(H,18,20,23)/t11-/m1/s1. The topological polar surface area (TPSA) is 94.8 Å². The van der Waals surface area contributed by atoms with E-state index in [1.807, 2.05) is 48.7 Å². The van der Waals surface area contributed by atoms with Crippen LogP contribution in [0.25, 0.3) is 0 Å². The molecule has 0 aliphatic heterocycles. The third kappa shape index (κ3) is 4.58. The number of hydrogen-bond donors (Lipinski definition) is 1. The van der Waals surface area contributed by atoms with Crippen LogP contribution in [0.2, 0.25) is 0 Å². The molecule has 0 fully saturated rings. The highest BCUT2D eigenvalue weighted by molar-refractivity contribution is 7.99. The monoisotopic (exact) mass is 390 g/mol. The predicted octanol–water partition coefficient (Wildman–Crippen LogP) is 3.02. The Kier molecular flexibility index (Phi) is 6.18. The second-order valence-corrected chi connectivity index (χ2v) is 7.01. The first-order valence-electron chi connectivity index (χ1n) is 8.01. The van der Waals surface area contributed by atoms with Gasteiger partial charge in [0.25, 0.3) is 0 Å². The molecular weight excluding hydrogens is 372 g/mol. The maximum Gasteiger partial charge on any atom is 0.236 e. The summed E-state index contributed by atoms with van der Waals surface area (Å²) >= 11 is 2.60. The number of anilines is 1. The lowest BCUT2D eigenvalue weighted by Gasteiger charge is -2.15. The van der Waals surface area contributed by atoms with Crippen molar-refractivity contribution in [3.05, 3.63) is 41.7 Å². The van der Waals surface area contributed by atoms with Crippen LogP contribution in [0.15, 0.2) is 41.0 Å². The number of rotatable bonds is 8. The molecule has 136 valence electrons. The van der Waals surface area contributed by atoms with Crippen molar-refractivity contribution in [3.63, 3.8) is 0 Å². The fourth-order valence-electron chi connectivity index (χ4n) is 2.27. The molecule has 1 N–H and O–H groups in total. The summed E-state index contributed by atoms with van der Waals surface area (Å²) in [4.78, 5) is 12.0. The quantitative estimate of drug-likeness (QED) is 0.591. The lowest BCUT2D eigenvalue weighted by molar-refractivity contribution is -0.113. The number of ether oxygens (including phenoxy) is 1. The normalized spacial score (nSPS) is 11.9. The first-order valence-corrected chi connectivity index (χ1v) is 9.87. The molecular formula is C16H18N6O2S2. The summed E-state index contributed by atoms with van der Waals surface area (Å²) in [6.07, 6.45) is -0.255. The third-order valence-electron chi connectivity index (χ3n) is 3.42. The Morgan fingerprint density at radius 3 is 2.81 bits per heavy atom. The summed E-state index contributed by atoms with van der Waals surface area (Å²) in [5, 5.41) is 19.8. The second-order valence-electron chi connectivity index (χ2n) is 5.24. The fraction of sp³-hybridized carbons (Fsp3) is 0.312. The average Bonchev–Trinajstić information content (AvgIpc) is 3.30. The number of aromatic nitrogens is 5. The molecule has 0 aliphatic carbocycles. The molecule has 2 aromatic heterocycles. The van der Waals surface area contributed by atoms with Crippen LogP contribution in [0, 0.1) is 0 Å². The van der Waals surface area contributed by atoms with Gasteiger partial charge in [-0.05, 0) is 26.0 Å². The summed E-state index contributed by atoms with van der Waals surface area (Å²) in [6.45, 7) is 4.62. The molecule has 0 unspecified atom stereocenters. The van der Waals surface area contributed by atoms with Crippen LogP contribution >= 0.6 is 23.1 Å². The van der Waals surface area contributed by atoms with Gasteiger partial charge in [-0.3, -0.25) is 10.1 Å². The van der Waals surface area contributed by atoms with E-state index in [0.717, 1.165) is 11.6 Å². The molecule has 0 saturated carbocycles. The molecule has 0 aliphatic rings. The number of amides is 1. The number of carbonyl (C=O) groups is 1. The van der Waals surface area contributed by atoms with E-state index < -0.39 is 0 Å². The van der Waals surface area contributed by atoms with E-state index in [2.05, 4.69) is 25.7 Å². The van der Waals surface area contributed by atoms with Gasteiger partial charge in [-0.1, -0.05) is 41.3 Å². The van der Waals surface area contributed by atoms with Crippen molar-refractivity contribution in [3.8, 4) is 5.75 Å². The third-order valence-corrected chi connectivity index (χ3v) is 4.99. The Bertz CT molecular complexity index is 838. The molecule has 0 bridgehead atoms. The van der Waals surface area contributed by atoms with Crippen LogP contribution in [0.4, 0.5) is 5.13 Å². The Labute approximate surface area is 159 Å². The molecule has 1 amide bonds. The van der Waals surface area contributed by atoms with Crippen molar-refractivity contribution < 1.29 is 9.53 Å². The van der Waals surface area contributed by atoms with Crippen LogP contribution in [0.5, 0.6) is 5.75 Å². The lowest BCUT2D eigenvalue weighted by Crippen LogP contribution is -2.15. The largest absolute Gasteiger partial charge is 0.483 e. The fourth-order valence-corrected chi connectivity index (χ4v) is 3.54. The van der Waals surface area contributed by atoms with Gasteiger partial charge in [0.15, 0.2) is 17.1 Å². The predicted molar refractivity (Wildman–Crippen MR) is 100 cm³/mol. The molecule has 3 rings (SSSR count). The minimum atomic E-state index is -0.255. The van der Waals surface area contributed by atoms with E-state index in [4.69, 9.17) is 4.74 Å². The number of carbonyl (C=O) groups excluding carboxylic acids is 1. The molecule has 1 atom stereocenters. The number of benzene rings is 1. The Balaban J connectivity index is 1.63. The van der Waals surface area contributed by atoms with Gasteiger partial charge in [0.2, 0.25) is 11.0 Å². The maximum absolute atomic E-state index is 12.0. The first kappa shape index (κ1) is 18.3. The van der Waals surface area contributed by atoms with Crippen molar-refractivity contribution in [1.29, 1.82) is 0 Å². The molecule has 10 heteroatoms. The summed E-state index contributed by atoms with van der Waals surface area (Å²) < 4.78 is 7.88. The number of hydrogen-bond acceptors (Lipinski definition) is 8. The summed E-state index contributed by atoms with van der Waals surface area (Å²) in [6, 6.07) is 9.58. The molecule has 2 heterocycles. The Morgan fingerprint density at radius 2 is 2.12 bits per heavy atom. The van der Waals surface area contributed by atoms with Gasteiger partial charge < -0.3 is 9.30 Å². The number of para-hydroxylation sites is 1. The van der Waals surface area contributed by atoms with Gasteiger partial charge in [0.1, 0.15) is 11.3 Å². The van der Waals surface area contributed by atoms with E-state index in [1.165, 1.54) is 23.1 Å². The molecule has 26 heavy (non-hydrogen) atoms. The minimum Gasteiger partial charge on any atom is -0.483 e. The van der Waals surface area contributed by atoms with Crippen molar-refractivity contribution in [2.75, 3.05) is 11.1 Å². The van der Waals surface area contributed by atoms with Crippen LogP contribution in [0.3, 0.4) is 0 Å². The highest BCUT2D eigenvalue weighted by atomic mass is 32.2. The zero-order valence-electron chi connectivity index (χ0n) is 14.3. The van der Waals surface area contributed by atoms with E-state index in [-0.39, 0.29) is 17.8 Å². The minimum absolute atomic E-state index is 0.160. The van der Waals surface area contributed by atoms with Crippen molar-refractivity contribution in [1.82, 2.24) is 25.0 Å². The molecule has 8 nitrogen and oxygen atoms in total. The van der Waals surface area contributed by atoms with Gasteiger partial charge in [0, 0.05) is 6.54 Å². The zero-order chi connectivity index (χ0) is 18.4. The van der Waals surface area contributed by atoms with Gasteiger partial charge >= 0.3 is 0 Å². The number of nitrogens with zero attached hydrogens (tertiary/aromatic N) is 5. The number of thioether (sulfide) groups is 1. The maximum atomic E-state index is 12.0. The summed E-state index contributed by atoms with van der Waals surface area (Å²) in [5.41, 5.74) is 1.57. The smallest absolute Gasteiger partial charge is 0.236 e. The molecule has 0 saturated heterocycles. The van der Waals surface area contributed by atoms with Gasteiger partial charge in [-0.15, -0.1) is 20.4 Å². The van der Waals surface area contributed by atoms with E-state index in [1.54, 1.807) is 5.51 Å². The highest BCUT2D eigenvalue weighted by Gasteiger charge is 2.19. The van der Waals surface area contributed by atoms with Crippen LogP contribution in [-0.2, 0) is 11.3 Å². The van der Waals surface area contributed by atoms with Gasteiger partial charge in [0.05, 0.1) is 5.75 Å². The molecule has 3 aromatic rings. The van der Waals surface area contributed by atoms with Gasteiger partial charge in [-0.25, -0.2) is 0 Å². The lowest BCUT2D eigenvalue weighted by atomic mass is 10.3. The second kappa shape index (κ2) is 8.77. The summed E-state index contributed by atoms with van der Waals surface area (Å²) in [5.74, 6) is 1.55. The SMILES string of the molecule is CCn1c(SCC(=O)Nc2nncs2)nnc1[C@@H](C)Oc1ccccc1. The van der Waals surface area contributed by atoms with E-state index >= 15 is 0 Å². The molecule has 0 spiro atoms. The first-order chi connectivity index (χ1) is 12.7. The van der Waals surface area contributed by atoms with Crippen LogP contribution < -0.4 is 10.1 Å². The van der Waals surface area contributed by atoms with E-state index in [0.29, 0.717) is 16.8 Å². The Hall–Kier alpha value is -2.46. The van der Waals surface area contributed by atoms with Crippen molar-refractivity contribution in [2.45, 2.75) is 31.7 Å². The van der Waals surface area contributed by atoms with Gasteiger partial charge in [-0.2, -0.15) is 0 Å². The average molecular weight is 390 g/mol. The van der Waals surface area contributed by atoms with Crippen LogP contribution in [0.1, 0.15) is 25.8 Å². The zero-order valence-corrected chi connectivity index (χ0v) is 16.0. The highest BCUT2D eigenvalue weighted by Crippen LogP contribution is 2.24. The number of nitrogens with one attached hydrogen (secondary N) is 1.